The first-order valence-electron chi connectivity index (χ1n) is 10.3. The van der Waals surface area contributed by atoms with Crippen LogP contribution in [0.2, 0.25) is 0 Å². The van der Waals surface area contributed by atoms with E-state index in [0.717, 1.165) is 55.9 Å². The maximum atomic E-state index is 5.62. The van der Waals surface area contributed by atoms with E-state index >= 15 is 0 Å². The smallest absolute Gasteiger partial charge is 0.194 e. The van der Waals surface area contributed by atoms with Crippen molar-refractivity contribution >= 4 is 35.6 Å². The largest absolute Gasteiger partial charge is 0.495 e. The third-order valence-electron chi connectivity index (χ3n) is 5.15. The number of piperazine rings is 1. The number of ether oxygens (including phenoxy) is 3. The number of halogens is 1. The van der Waals surface area contributed by atoms with Crippen molar-refractivity contribution in [2.75, 3.05) is 65.6 Å². The van der Waals surface area contributed by atoms with Gasteiger partial charge < -0.3 is 29.3 Å². The van der Waals surface area contributed by atoms with E-state index in [1.165, 1.54) is 5.56 Å². The Morgan fingerprint density at radius 2 is 1.68 bits per heavy atom. The Hall–Kier alpha value is -2.20. The molecule has 1 saturated heterocycles. The molecule has 1 aliphatic heterocycles. The van der Waals surface area contributed by atoms with Crippen LogP contribution in [0.1, 0.15) is 5.56 Å². The summed E-state index contributed by atoms with van der Waals surface area (Å²) in [5.74, 6) is 2.70. The topological polar surface area (TPSA) is 58.6 Å². The minimum Gasteiger partial charge on any atom is -0.495 e. The fraction of sp³-hybridized carbons (Fsp3) is 0.435. The predicted molar refractivity (Wildman–Crippen MR) is 136 cm³/mol. The molecule has 1 aliphatic rings. The lowest BCUT2D eigenvalue weighted by atomic mass is 10.2. The third kappa shape index (κ3) is 7.17. The Morgan fingerprint density at radius 3 is 2.32 bits per heavy atom. The summed E-state index contributed by atoms with van der Waals surface area (Å²) in [4.78, 5) is 9.14. The molecule has 0 amide bonds. The van der Waals surface area contributed by atoms with Gasteiger partial charge in [-0.25, -0.2) is 0 Å². The number of benzene rings is 2. The van der Waals surface area contributed by atoms with Crippen molar-refractivity contribution in [3.05, 3.63) is 54.1 Å². The third-order valence-corrected chi connectivity index (χ3v) is 5.15. The van der Waals surface area contributed by atoms with Crippen LogP contribution in [0, 0.1) is 0 Å². The number of guanidine groups is 1. The van der Waals surface area contributed by atoms with Crippen molar-refractivity contribution in [1.82, 2.24) is 10.2 Å². The monoisotopic (exact) mass is 540 g/mol. The molecule has 0 aliphatic carbocycles. The van der Waals surface area contributed by atoms with Crippen LogP contribution in [0.25, 0.3) is 0 Å². The molecule has 3 rings (SSSR count). The molecule has 1 fully saturated rings. The number of nitrogens with one attached hydrogen (secondary N) is 1. The van der Waals surface area contributed by atoms with Crippen molar-refractivity contribution in [2.45, 2.75) is 6.54 Å². The molecule has 1 N–H and O–H groups in total. The zero-order valence-corrected chi connectivity index (χ0v) is 20.9. The van der Waals surface area contributed by atoms with E-state index in [2.05, 4.69) is 44.4 Å². The lowest BCUT2D eigenvalue weighted by Crippen LogP contribution is -2.52. The number of rotatable bonds is 8. The maximum Gasteiger partial charge on any atom is 0.194 e. The van der Waals surface area contributed by atoms with Gasteiger partial charge >= 0.3 is 0 Å². The first-order valence-corrected chi connectivity index (χ1v) is 10.3. The number of nitrogens with zero attached hydrogens (tertiary/aromatic N) is 3. The summed E-state index contributed by atoms with van der Waals surface area (Å²) < 4.78 is 16.1. The highest BCUT2D eigenvalue weighted by Crippen LogP contribution is 2.28. The molecule has 0 atom stereocenters. The predicted octanol–water partition coefficient (Wildman–Crippen LogP) is 3.24. The summed E-state index contributed by atoms with van der Waals surface area (Å²) in [6, 6.07) is 16.3. The van der Waals surface area contributed by atoms with Gasteiger partial charge in [0.1, 0.15) is 18.1 Å². The molecule has 2 aromatic carbocycles. The molecule has 0 saturated carbocycles. The molecule has 8 heteroatoms. The minimum absolute atomic E-state index is 0. The van der Waals surface area contributed by atoms with Crippen LogP contribution >= 0.6 is 24.0 Å². The Labute approximate surface area is 202 Å². The van der Waals surface area contributed by atoms with E-state index < -0.39 is 0 Å². The Kier molecular flexibility index (Phi) is 10.7. The summed E-state index contributed by atoms with van der Waals surface area (Å²) in [6.07, 6.45) is 0. The lowest BCUT2D eigenvalue weighted by molar-refractivity contribution is 0.146. The van der Waals surface area contributed by atoms with Crippen molar-refractivity contribution in [3.8, 4) is 11.5 Å². The number of anilines is 1. The summed E-state index contributed by atoms with van der Waals surface area (Å²) in [7, 11) is 5.23. The second-order valence-corrected chi connectivity index (χ2v) is 7.03. The van der Waals surface area contributed by atoms with Crippen molar-refractivity contribution in [2.24, 2.45) is 4.99 Å². The second-order valence-electron chi connectivity index (χ2n) is 7.03. The molecule has 170 valence electrons. The van der Waals surface area contributed by atoms with Crippen LogP contribution in [0.3, 0.4) is 0 Å². The highest BCUT2D eigenvalue weighted by molar-refractivity contribution is 14.0. The minimum atomic E-state index is 0. The van der Waals surface area contributed by atoms with Crippen molar-refractivity contribution in [3.63, 3.8) is 0 Å². The molecule has 0 aromatic heterocycles. The molecule has 0 unspecified atom stereocenters. The quantitative estimate of drug-likeness (QED) is 0.240. The van der Waals surface area contributed by atoms with Gasteiger partial charge in [0.2, 0.25) is 0 Å². The van der Waals surface area contributed by atoms with Gasteiger partial charge in [-0.3, -0.25) is 4.99 Å². The van der Waals surface area contributed by atoms with E-state index in [4.69, 9.17) is 14.2 Å². The Morgan fingerprint density at radius 1 is 0.968 bits per heavy atom. The zero-order chi connectivity index (χ0) is 21.2. The number of hydrogen-bond acceptors (Lipinski definition) is 5. The van der Waals surface area contributed by atoms with E-state index in [1.54, 1.807) is 14.2 Å². The number of hydrogen-bond donors (Lipinski definition) is 1. The van der Waals surface area contributed by atoms with Crippen LogP contribution in [0.15, 0.2) is 53.5 Å². The van der Waals surface area contributed by atoms with Gasteiger partial charge in [-0.1, -0.05) is 24.3 Å². The molecule has 31 heavy (non-hydrogen) atoms. The van der Waals surface area contributed by atoms with Crippen LogP contribution in [0.4, 0.5) is 5.69 Å². The average Bonchev–Trinajstić information content (AvgIpc) is 2.81. The van der Waals surface area contributed by atoms with Gasteiger partial charge in [-0.2, -0.15) is 0 Å². The molecule has 2 aromatic rings. The van der Waals surface area contributed by atoms with E-state index in [1.807, 2.05) is 31.3 Å². The Bertz CT molecular complexity index is 809. The molecular weight excluding hydrogens is 507 g/mol. The molecule has 1 heterocycles. The molecule has 0 spiro atoms. The second kappa shape index (κ2) is 13.3. The van der Waals surface area contributed by atoms with Gasteiger partial charge in [0.05, 0.1) is 19.4 Å². The highest BCUT2D eigenvalue weighted by Gasteiger charge is 2.21. The molecule has 0 bridgehead atoms. The first-order chi connectivity index (χ1) is 14.7. The summed E-state index contributed by atoms with van der Waals surface area (Å²) in [5, 5.41) is 3.48. The molecule has 0 radical (unpaired) electrons. The number of para-hydroxylation sites is 2. The number of methoxy groups -OCH3 is 2. The van der Waals surface area contributed by atoms with Crippen molar-refractivity contribution < 1.29 is 14.2 Å². The van der Waals surface area contributed by atoms with Crippen LogP contribution in [0.5, 0.6) is 11.5 Å². The van der Waals surface area contributed by atoms with Crippen LogP contribution < -0.4 is 19.7 Å². The summed E-state index contributed by atoms with van der Waals surface area (Å²) in [5.41, 5.74) is 2.33. The standard InChI is InChI=1S/C23H32N4O3.HI/c1-24-23(25-18-19-8-10-20(11-9-19)30-17-16-28-2)27-14-12-26(13-15-27)21-6-4-5-7-22(21)29-3;/h4-11H,12-18H2,1-3H3,(H,24,25);1H. The van der Waals surface area contributed by atoms with Gasteiger partial charge in [0.25, 0.3) is 0 Å². The van der Waals surface area contributed by atoms with E-state index in [0.29, 0.717) is 13.2 Å². The van der Waals surface area contributed by atoms with Crippen molar-refractivity contribution in [1.29, 1.82) is 0 Å². The number of aliphatic imine (C=N–C) groups is 1. The SMILES string of the molecule is CN=C(NCc1ccc(OCCOC)cc1)N1CCN(c2ccccc2OC)CC1.I. The molecule has 7 nitrogen and oxygen atoms in total. The normalized spacial score (nSPS) is 14.1. The molecular formula is C23H33IN4O3. The van der Waals surface area contributed by atoms with Gasteiger partial charge in [-0.15, -0.1) is 24.0 Å². The van der Waals surface area contributed by atoms with E-state index in [9.17, 15) is 0 Å². The van der Waals surface area contributed by atoms with Gasteiger partial charge in [0, 0.05) is 46.9 Å². The fourth-order valence-electron chi connectivity index (χ4n) is 3.51. The van der Waals surface area contributed by atoms with Crippen LogP contribution in [-0.4, -0.2) is 71.5 Å². The first kappa shape index (κ1) is 25.1. The van der Waals surface area contributed by atoms with Gasteiger partial charge in [-0.05, 0) is 29.8 Å². The Balaban J connectivity index is 0.00000341. The summed E-state index contributed by atoms with van der Waals surface area (Å²) in [6.45, 7) is 5.53. The lowest BCUT2D eigenvalue weighted by Gasteiger charge is -2.38. The maximum absolute atomic E-state index is 5.62. The summed E-state index contributed by atoms with van der Waals surface area (Å²) >= 11 is 0. The van der Waals surface area contributed by atoms with Crippen LogP contribution in [-0.2, 0) is 11.3 Å². The average molecular weight is 540 g/mol. The van der Waals surface area contributed by atoms with Gasteiger partial charge in [0.15, 0.2) is 5.96 Å². The fourth-order valence-corrected chi connectivity index (χ4v) is 3.51. The van der Waals surface area contributed by atoms with E-state index in [-0.39, 0.29) is 24.0 Å². The zero-order valence-electron chi connectivity index (χ0n) is 18.5. The highest BCUT2D eigenvalue weighted by atomic mass is 127.